The lowest BCUT2D eigenvalue weighted by Crippen LogP contribution is -2.64. The number of carbonyl (C=O) groups is 2. The van der Waals surface area contributed by atoms with Gasteiger partial charge in [0.1, 0.15) is 5.54 Å². The first-order chi connectivity index (χ1) is 7.38. The minimum atomic E-state index is -0.737. The molecule has 1 saturated heterocycles. The molecule has 4 nitrogen and oxygen atoms in total. The molecule has 0 aromatic rings. The van der Waals surface area contributed by atoms with E-state index in [1.54, 1.807) is 18.7 Å². The van der Waals surface area contributed by atoms with Crippen LogP contribution in [-0.4, -0.2) is 35.3 Å². The Labute approximate surface area is 96.4 Å². The van der Waals surface area contributed by atoms with Gasteiger partial charge in [-0.1, -0.05) is 6.92 Å². The number of rotatable bonds is 3. The number of carbonyl (C=O) groups excluding carboxylic acids is 2. The molecule has 90 valence electrons. The van der Waals surface area contributed by atoms with Gasteiger partial charge in [-0.25, -0.2) is 0 Å². The highest BCUT2D eigenvalue weighted by Gasteiger charge is 2.47. The van der Waals surface area contributed by atoms with Crippen molar-refractivity contribution in [1.82, 2.24) is 10.2 Å². The lowest BCUT2D eigenvalue weighted by atomic mass is 9.97. The number of nitrogens with one attached hydrogen (secondary N) is 1. The molecule has 1 aliphatic carbocycles. The third-order valence-corrected chi connectivity index (χ3v) is 3.84. The van der Waals surface area contributed by atoms with E-state index in [0.29, 0.717) is 5.41 Å². The molecule has 4 heteroatoms. The van der Waals surface area contributed by atoms with Gasteiger partial charge in [0.25, 0.3) is 0 Å². The van der Waals surface area contributed by atoms with Crippen molar-refractivity contribution in [3.8, 4) is 0 Å². The van der Waals surface area contributed by atoms with Crippen molar-refractivity contribution in [2.75, 3.05) is 13.1 Å². The number of piperazine rings is 1. The zero-order valence-electron chi connectivity index (χ0n) is 10.3. The first-order valence-corrected chi connectivity index (χ1v) is 5.99. The van der Waals surface area contributed by atoms with Crippen molar-refractivity contribution >= 4 is 11.8 Å². The zero-order valence-corrected chi connectivity index (χ0v) is 10.3. The van der Waals surface area contributed by atoms with Gasteiger partial charge in [0, 0.05) is 6.54 Å². The Morgan fingerprint density at radius 1 is 1.31 bits per heavy atom. The standard InChI is InChI=1S/C12H20N2O2/c1-4-12(5-6-12)8-14-7-9(15)13-11(2,3)10(14)16/h4-8H2,1-3H3,(H,13,15). The van der Waals surface area contributed by atoms with Crippen LogP contribution < -0.4 is 5.32 Å². The van der Waals surface area contributed by atoms with Crippen LogP contribution >= 0.6 is 0 Å². The van der Waals surface area contributed by atoms with E-state index < -0.39 is 5.54 Å². The fourth-order valence-corrected chi connectivity index (χ4v) is 2.41. The van der Waals surface area contributed by atoms with Gasteiger partial charge in [-0.2, -0.15) is 0 Å². The van der Waals surface area contributed by atoms with Crippen molar-refractivity contribution in [3.63, 3.8) is 0 Å². The maximum atomic E-state index is 12.1. The molecule has 2 rings (SSSR count). The van der Waals surface area contributed by atoms with Gasteiger partial charge in [-0.05, 0) is 38.5 Å². The maximum Gasteiger partial charge on any atom is 0.248 e. The van der Waals surface area contributed by atoms with Gasteiger partial charge < -0.3 is 10.2 Å². The highest BCUT2D eigenvalue weighted by atomic mass is 16.2. The second kappa shape index (κ2) is 3.47. The lowest BCUT2D eigenvalue weighted by Gasteiger charge is -2.39. The van der Waals surface area contributed by atoms with Crippen LogP contribution in [0.5, 0.6) is 0 Å². The van der Waals surface area contributed by atoms with E-state index in [1.807, 2.05) is 0 Å². The van der Waals surface area contributed by atoms with Crippen LogP contribution in [0.1, 0.15) is 40.0 Å². The molecule has 0 atom stereocenters. The molecule has 1 N–H and O–H groups in total. The quantitative estimate of drug-likeness (QED) is 0.774. The van der Waals surface area contributed by atoms with Gasteiger partial charge in [-0.3, -0.25) is 9.59 Å². The van der Waals surface area contributed by atoms with E-state index in [-0.39, 0.29) is 18.4 Å². The minimum absolute atomic E-state index is 0.0449. The monoisotopic (exact) mass is 224 g/mol. The predicted octanol–water partition coefficient (Wildman–Crippen LogP) is 0.914. The summed E-state index contributed by atoms with van der Waals surface area (Å²) >= 11 is 0. The van der Waals surface area contributed by atoms with Crippen LogP contribution in [0.2, 0.25) is 0 Å². The second-order valence-electron chi connectivity index (χ2n) is 5.69. The molecular weight excluding hydrogens is 204 g/mol. The molecule has 0 radical (unpaired) electrons. The molecule has 2 fully saturated rings. The molecule has 0 unspecified atom stereocenters. The average Bonchev–Trinajstić information content (AvgIpc) is 2.94. The fourth-order valence-electron chi connectivity index (χ4n) is 2.41. The predicted molar refractivity (Wildman–Crippen MR) is 60.8 cm³/mol. The van der Waals surface area contributed by atoms with Gasteiger partial charge in [0.05, 0.1) is 6.54 Å². The van der Waals surface area contributed by atoms with Crippen LogP contribution in [0, 0.1) is 5.41 Å². The molecule has 0 aromatic carbocycles. The second-order valence-corrected chi connectivity index (χ2v) is 5.69. The summed E-state index contributed by atoms with van der Waals surface area (Å²) in [5, 5.41) is 2.73. The van der Waals surface area contributed by atoms with Crippen molar-refractivity contribution < 1.29 is 9.59 Å². The Morgan fingerprint density at radius 3 is 2.44 bits per heavy atom. The van der Waals surface area contributed by atoms with Crippen molar-refractivity contribution in [2.45, 2.75) is 45.6 Å². The Balaban J connectivity index is 2.08. The molecule has 2 amide bonds. The molecule has 0 spiro atoms. The average molecular weight is 224 g/mol. The summed E-state index contributed by atoms with van der Waals surface area (Å²) in [6.45, 7) is 6.67. The van der Waals surface area contributed by atoms with Gasteiger partial charge in [-0.15, -0.1) is 0 Å². The Morgan fingerprint density at radius 2 is 1.94 bits per heavy atom. The largest absolute Gasteiger partial charge is 0.341 e. The van der Waals surface area contributed by atoms with Gasteiger partial charge >= 0.3 is 0 Å². The SMILES string of the molecule is CCC1(CN2CC(=O)NC(C)(C)C2=O)CC1. The minimum Gasteiger partial charge on any atom is -0.341 e. The van der Waals surface area contributed by atoms with Crippen LogP contribution in [0.25, 0.3) is 0 Å². The molecule has 1 saturated carbocycles. The first-order valence-electron chi connectivity index (χ1n) is 5.99. The van der Waals surface area contributed by atoms with Crippen LogP contribution in [0.3, 0.4) is 0 Å². The fraction of sp³-hybridized carbons (Fsp3) is 0.833. The van der Waals surface area contributed by atoms with E-state index in [4.69, 9.17) is 0 Å². The summed E-state index contributed by atoms with van der Waals surface area (Å²) in [5.74, 6) is 0.00308. The topological polar surface area (TPSA) is 49.4 Å². The van der Waals surface area contributed by atoms with E-state index in [1.165, 1.54) is 12.8 Å². The summed E-state index contributed by atoms with van der Waals surface area (Å²) in [4.78, 5) is 25.4. The van der Waals surface area contributed by atoms with E-state index in [2.05, 4.69) is 12.2 Å². The summed E-state index contributed by atoms with van der Waals surface area (Å²) in [5.41, 5.74) is -0.428. The van der Waals surface area contributed by atoms with Gasteiger partial charge in [0.2, 0.25) is 11.8 Å². The van der Waals surface area contributed by atoms with Crippen LogP contribution in [0.4, 0.5) is 0 Å². The molecule has 1 heterocycles. The summed E-state index contributed by atoms with van der Waals surface area (Å²) < 4.78 is 0. The van der Waals surface area contributed by atoms with Gasteiger partial charge in [0.15, 0.2) is 0 Å². The molecular formula is C12H20N2O2. The van der Waals surface area contributed by atoms with E-state index in [0.717, 1.165) is 13.0 Å². The third kappa shape index (κ3) is 1.93. The Bertz CT molecular complexity index is 332. The summed E-state index contributed by atoms with van der Waals surface area (Å²) in [6, 6.07) is 0. The first kappa shape index (κ1) is 11.4. The number of nitrogens with zero attached hydrogens (tertiary/aromatic N) is 1. The zero-order chi connectivity index (χ0) is 12.0. The smallest absolute Gasteiger partial charge is 0.248 e. The molecule has 16 heavy (non-hydrogen) atoms. The highest BCUT2D eigenvalue weighted by molar-refractivity contribution is 5.97. The normalized spacial score (nSPS) is 26.6. The molecule has 0 bridgehead atoms. The Hall–Kier alpha value is -1.06. The molecule has 1 aliphatic heterocycles. The summed E-state index contributed by atoms with van der Waals surface area (Å²) in [7, 11) is 0. The van der Waals surface area contributed by atoms with E-state index >= 15 is 0 Å². The number of hydrogen-bond acceptors (Lipinski definition) is 2. The number of amides is 2. The van der Waals surface area contributed by atoms with Crippen LogP contribution in [0.15, 0.2) is 0 Å². The Kier molecular flexibility index (Phi) is 2.48. The molecule has 2 aliphatic rings. The highest BCUT2D eigenvalue weighted by Crippen LogP contribution is 2.49. The van der Waals surface area contributed by atoms with Crippen LogP contribution in [-0.2, 0) is 9.59 Å². The van der Waals surface area contributed by atoms with Crippen molar-refractivity contribution in [2.24, 2.45) is 5.41 Å². The van der Waals surface area contributed by atoms with Crippen molar-refractivity contribution in [1.29, 1.82) is 0 Å². The van der Waals surface area contributed by atoms with Crippen molar-refractivity contribution in [3.05, 3.63) is 0 Å². The maximum absolute atomic E-state index is 12.1. The summed E-state index contributed by atoms with van der Waals surface area (Å²) in [6.07, 6.45) is 3.48. The number of hydrogen-bond donors (Lipinski definition) is 1. The molecule has 0 aromatic heterocycles. The lowest BCUT2D eigenvalue weighted by molar-refractivity contribution is -0.149. The third-order valence-electron chi connectivity index (χ3n) is 3.84. The van der Waals surface area contributed by atoms with E-state index in [9.17, 15) is 9.59 Å².